The third-order valence-corrected chi connectivity index (χ3v) is 6.07. The molecular formula is C21H23ClF3N3O5S. The fraction of sp³-hybridized carbons (Fsp3) is 0.333. The fourth-order valence-electron chi connectivity index (χ4n) is 2.94. The lowest BCUT2D eigenvalue weighted by atomic mass is 10.1. The highest BCUT2D eigenvalue weighted by Gasteiger charge is 2.34. The van der Waals surface area contributed by atoms with Crippen molar-refractivity contribution in [3.63, 3.8) is 0 Å². The van der Waals surface area contributed by atoms with Crippen molar-refractivity contribution in [2.24, 2.45) is 5.10 Å². The summed E-state index contributed by atoms with van der Waals surface area (Å²) in [5.41, 5.74) is 1.73. The van der Waals surface area contributed by atoms with Gasteiger partial charge in [-0.3, -0.25) is 9.10 Å². The molecular weight excluding hydrogens is 499 g/mol. The lowest BCUT2D eigenvalue weighted by Gasteiger charge is -2.23. The standard InChI is InChI=1S/C21H23ClF3N3O5S/c1-5-17(13-6-9-18(32-2)19(10-13)33-3)26-27-20(29)12-28(34(4,30)31)14-7-8-16(22)15(11-14)21(23,24)25/h6-11H,5,12H2,1-4H3,(H,27,29)/b26-17-. The van der Waals surface area contributed by atoms with E-state index in [9.17, 15) is 26.4 Å². The van der Waals surface area contributed by atoms with Crippen molar-refractivity contribution in [2.75, 3.05) is 31.3 Å². The molecule has 0 spiro atoms. The summed E-state index contributed by atoms with van der Waals surface area (Å²) < 4.78 is 75.0. The zero-order chi connectivity index (χ0) is 25.7. The molecule has 1 amide bonds. The summed E-state index contributed by atoms with van der Waals surface area (Å²) in [7, 11) is -1.17. The minimum Gasteiger partial charge on any atom is -0.493 e. The van der Waals surface area contributed by atoms with Gasteiger partial charge in [-0.05, 0) is 42.8 Å². The van der Waals surface area contributed by atoms with Crippen molar-refractivity contribution < 1.29 is 35.9 Å². The zero-order valence-corrected chi connectivity index (χ0v) is 20.3. The van der Waals surface area contributed by atoms with Crippen LogP contribution in [0.1, 0.15) is 24.5 Å². The molecule has 0 saturated carbocycles. The van der Waals surface area contributed by atoms with Crippen LogP contribution in [0.25, 0.3) is 0 Å². The van der Waals surface area contributed by atoms with Gasteiger partial charge >= 0.3 is 6.18 Å². The van der Waals surface area contributed by atoms with Gasteiger partial charge in [-0.1, -0.05) is 18.5 Å². The topological polar surface area (TPSA) is 97.3 Å². The number of carbonyl (C=O) groups is 1. The van der Waals surface area contributed by atoms with Crippen molar-refractivity contribution in [1.29, 1.82) is 0 Å². The molecule has 0 aliphatic heterocycles. The summed E-state index contributed by atoms with van der Waals surface area (Å²) in [5.74, 6) is 0.0787. The Kier molecular flexibility index (Phi) is 8.78. The number of carbonyl (C=O) groups excluding carboxylic acids is 1. The van der Waals surface area contributed by atoms with Crippen LogP contribution in [0.3, 0.4) is 0 Å². The Labute approximate surface area is 200 Å². The Morgan fingerprint density at radius 1 is 1.12 bits per heavy atom. The normalized spacial score (nSPS) is 12.3. The van der Waals surface area contributed by atoms with Crippen molar-refractivity contribution in [3.05, 3.63) is 52.5 Å². The van der Waals surface area contributed by atoms with E-state index < -0.39 is 39.2 Å². The number of alkyl halides is 3. The first-order valence-corrected chi connectivity index (χ1v) is 12.0. The number of hydrogen-bond donors (Lipinski definition) is 1. The highest BCUT2D eigenvalue weighted by Crippen LogP contribution is 2.37. The Hall–Kier alpha value is -2.99. The molecule has 0 fully saturated rings. The first-order chi connectivity index (χ1) is 15.8. The molecule has 2 aromatic rings. The van der Waals surface area contributed by atoms with Crippen LogP contribution >= 0.6 is 11.6 Å². The molecule has 0 radical (unpaired) electrons. The van der Waals surface area contributed by atoms with Crippen LogP contribution in [-0.4, -0.2) is 47.1 Å². The minimum atomic E-state index is -4.81. The summed E-state index contributed by atoms with van der Waals surface area (Å²) >= 11 is 5.60. The molecule has 0 atom stereocenters. The van der Waals surface area contributed by atoms with E-state index in [1.54, 1.807) is 25.1 Å². The average molecular weight is 522 g/mol. The molecule has 1 N–H and O–H groups in total. The second-order valence-electron chi connectivity index (χ2n) is 6.95. The van der Waals surface area contributed by atoms with Gasteiger partial charge in [0.25, 0.3) is 5.91 Å². The predicted molar refractivity (Wildman–Crippen MR) is 123 cm³/mol. The molecule has 34 heavy (non-hydrogen) atoms. The highest BCUT2D eigenvalue weighted by atomic mass is 35.5. The number of methoxy groups -OCH3 is 2. The van der Waals surface area contributed by atoms with Gasteiger partial charge in [0, 0.05) is 5.56 Å². The molecule has 13 heteroatoms. The summed E-state index contributed by atoms with van der Waals surface area (Å²) in [6, 6.07) is 7.58. The second-order valence-corrected chi connectivity index (χ2v) is 9.26. The molecule has 2 rings (SSSR count). The molecule has 0 saturated heterocycles. The number of sulfonamides is 1. The first kappa shape index (κ1) is 27.3. The van der Waals surface area contributed by atoms with Crippen molar-refractivity contribution in [2.45, 2.75) is 19.5 Å². The summed E-state index contributed by atoms with van der Waals surface area (Å²) in [4.78, 5) is 12.5. The lowest BCUT2D eigenvalue weighted by Crippen LogP contribution is -2.39. The van der Waals surface area contributed by atoms with E-state index in [2.05, 4.69) is 10.5 Å². The van der Waals surface area contributed by atoms with Gasteiger partial charge in [0.05, 0.1) is 42.5 Å². The van der Waals surface area contributed by atoms with Crippen LogP contribution in [0.2, 0.25) is 5.02 Å². The monoisotopic (exact) mass is 521 g/mol. The average Bonchev–Trinajstić information content (AvgIpc) is 2.76. The number of rotatable bonds is 9. The van der Waals surface area contributed by atoms with Crippen LogP contribution in [-0.2, 0) is 21.0 Å². The molecule has 0 bridgehead atoms. The highest BCUT2D eigenvalue weighted by molar-refractivity contribution is 7.92. The van der Waals surface area contributed by atoms with Crippen LogP contribution < -0.4 is 19.2 Å². The summed E-state index contributed by atoms with van der Waals surface area (Å²) in [6.07, 6.45) is -3.64. The van der Waals surface area contributed by atoms with Gasteiger partial charge in [-0.2, -0.15) is 18.3 Å². The van der Waals surface area contributed by atoms with E-state index in [-0.39, 0.29) is 5.69 Å². The molecule has 0 aliphatic carbocycles. The quantitative estimate of drug-likeness (QED) is 0.396. The molecule has 0 heterocycles. The van der Waals surface area contributed by atoms with E-state index in [0.717, 1.165) is 18.4 Å². The number of nitrogens with one attached hydrogen (secondary N) is 1. The van der Waals surface area contributed by atoms with Crippen molar-refractivity contribution in [1.82, 2.24) is 5.43 Å². The van der Waals surface area contributed by atoms with Crippen molar-refractivity contribution in [3.8, 4) is 11.5 Å². The second kappa shape index (κ2) is 11.0. The maximum absolute atomic E-state index is 13.2. The van der Waals surface area contributed by atoms with E-state index in [4.69, 9.17) is 21.1 Å². The SMILES string of the molecule is CC/C(=N/NC(=O)CN(c1ccc(Cl)c(C(F)(F)F)c1)S(C)(=O)=O)c1ccc(OC)c(OC)c1. The van der Waals surface area contributed by atoms with Gasteiger partial charge in [0.15, 0.2) is 11.5 Å². The number of hydrogen-bond acceptors (Lipinski definition) is 6. The van der Waals surface area contributed by atoms with E-state index in [1.165, 1.54) is 14.2 Å². The number of nitrogens with zero attached hydrogens (tertiary/aromatic N) is 2. The zero-order valence-electron chi connectivity index (χ0n) is 18.7. The number of halogens is 4. The number of hydrazone groups is 1. The maximum atomic E-state index is 13.2. The summed E-state index contributed by atoms with van der Waals surface area (Å²) in [5, 5.41) is 3.45. The predicted octanol–water partition coefficient (Wildman–Crippen LogP) is 4.07. The third kappa shape index (κ3) is 6.76. The maximum Gasteiger partial charge on any atom is 0.417 e. The van der Waals surface area contributed by atoms with Gasteiger partial charge in [-0.25, -0.2) is 13.8 Å². The molecule has 0 unspecified atom stereocenters. The molecule has 186 valence electrons. The van der Waals surface area contributed by atoms with Crippen LogP contribution in [0.4, 0.5) is 18.9 Å². The minimum absolute atomic E-state index is 0.367. The third-order valence-electron chi connectivity index (χ3n) is 4.60. The van der Waals surface area contributed by atoms with Gasteiger partial charge in [0.1, 0.15) is 6.54 Å². The number of anilines is 1. The van der Waals surface area contributed by atoms with Gasteiger partial charge < -0.3 is 9.47 Å². The summed E-state index contributed by atoms with van der Waals surface area (Å²) in [6.45, 7) is 0.987. The Morgan fingerprint density at radius 2 is 1.76 bits per heavy atom. The smallest absolute Gasteiger partial charge is 0.417 e. The molecule has 8 nitrogen and oxygen atoms in total. The van der Waals surface area contributed by atoms with E-state index in [0.29, 0.717) is 39.6 Å². The molecule has 0 aromatic heterocycles. The van der Waals surface area contributed by atoms with Gasteiger partial charge in [0.2, 0.25) is 10.0 Å². The van der Waals surface area contributed by atoms with Crippen molar-refractivity contribution >= 4 is 38.9 Å². The Balaban J connectivity index is 2.30. The fourth-order valence-corrected chi connectivity index (χ4v) is 4.02. The van der Waals surface area contributed by atoms with Gasteiger partial charge in [-0.15, -0.1) is 0 Å². The number of benzene rings is 2. The van der Waals surface area contributed by atoms with Crippen LogP contribution in [0.15, 0.2) is 41.5 Å². The lowest BCUT2D eigenvalue weighted by molar-refractivity contribution is -0.137. The van der Waals surface area contributed by atoms with E-state index >= 15 is 0 Å². The molecule has 2 aromatic carbocycles. The Morgan fingerprint density at radius 3 is 2.29 bits per heavy atom. The van der Waals surface area contributed by atoms with Crippen LogP contribution in [0.5, 0.6) is 11.5 Å². The Bertz CT molecular complexity index is 1190. The van der Waals surface area contributed by atoms with E-state index in [1.807, 2.05) is 0 Å². The van der Waals surface area contributed by atoms with Crippen LogP contribution in [0, 0.1) is 0 Å². The first-order valence-electron chi connectivity index (χ1n) is 9.74. The number of amides is 1. The largest absolute Gasteiger partial charge is 0.493 e. The number of ether oxygens (including phenoxy) is 2. The molecule has 0 aliphatic rings.